The highest BCUT2D eigenvalue weighted by atomic mass is 79.9. The Balaban J connectivity index is 2.60. The summed E-state index contributed by atoms with van der Waals surface area (Å²) < 4.78 is 12.9. The molecule has 0 aliphatic carbocycles. The summed E-state index contributed by atoms with van der Waals surface area (Å²) >= 11 is 8.61. The molecule has 72 valence electrons. The number of nitrogens with zero attached hydrogens (tertiary/aromatic N) is 1. The van der Waals surface area contributed by atoms with E-state index in [1.807, 2.05) is 11.0 Å². The summed E-state index contributed by atoms with van der Waals surface area (Å²) in [5.41, 5.74) is 0. The number of rotatable bonds is 3. The van der Waals surface area contributed by atoms with Gasteiger partial charge in [-0.2, -0.15) is 4.08 Å². The van der Waals surface area contributed by atoms with Crippen LogP contribution in [0.25, 0.3) is 0 Å². The van der Waals surface area contributed by atoms with Gasteiger partial charge >= 0.3 is 0 Å². The molecule has 0 unspecified atom stereocenters. The van der Waals surface area contributed by atoms with Gasteiger partial charge in [0, 0.05) is 31.7 Å². The van der Waals surface area contributed by atoms with Gasteiger partial charge in [0.1, 0.15) is 0 Å². The van der Waals surface area contributed by atoms with Crippen LogP contribution >= 0.6 is 31.8 Å². The van der Waals surface area contributed by atoms with E-state index in [4.69, 9.17) is 20.9 Å². The summed E-state index contributed by atoms with van der Waals surface area (Å²) in [5.74, 6) is 0. The average molecular weight is 292 g/mol. The zero-order chi connectivity index (χ0) is 9.03. The Labute approximate surface area is 89.7 Å². The molecule has 0 saturated carbocycles. The summed E-state index contributed by atoms with van der Waals surface area (Å²) in [5, 5.41) is 0. The summed E-state index contributed by atoms with van der Waals surface area (Å²) in [6, 6.07) is 0. The fourth-order valence-corrected chi connectivity index (χ4v) is 6.94. The maximum atomic E-state index is 5.49. The lowest BCUT2D eigenvalue weighted by molar-refractivity contribution is 0.163. The molecule has 0 N–H and O–H groups in total. The second-order valence-electron chi connectivity index (χ2n) is 2.23. The van der Waals surface area contributed by atoms with Crippen LogP contribution in [0.4, 0.5) is 0 Å². The Morgan fingerprint density at radius 3 is 2.58 bits per heavy atom. The standard InChI is InChI=1S/C5H11BrNO2PS2/c1-2-7(12-6)10(11)8-4-3-5-9-10/h2-5H2,1H3. The Kier molecular flexibility index (Phi) is 5.04. The first-order chi connectivity index (χ1) is 5.73. The van der Waals surface area contributed by atoms with Crippen molar-refractivity contribution in [1.29, 1.82) is 0 Å². The average Bonchev–Trinajstić information content (AvgIpc) is 2.07. The largest absolute Gasteiger partial charge is 0.317 e. The minimum absolute atomic E-state index is 0.724. The second kappa shape index (κ2) is 5.29. The normalized spacial score (nSPS) is 22.9. The minimum Gasteiger partial charge on any atom is -0.317 e. The molecule has 1 saturated heterocycles. The molecule has 0 amide bonds. The SMILES string of the molecule is CCN(SBr)P1(=S)OCCCO1. The van der Waals surface area contributed by atoms with Crippen molar-refractivity contribution in [2.24, 2.45) is 0 Å². The lowest BCUT2D eigenvalue weighted by atomic mass is 10.5. The van der Waals surface area contributed by atoms with Gasteiger partial charge in [0.2, 0.25) is 0 Å². The first kappa shape index (κ1) is 11.4. The third-order valence-electron chi connectivity index (χ3n) is 1.42. The highest BCUT2D eigenvalue weighted by molar-refractivity contribution is 9.50. The molecule has 0 aromatic rings. The quantitative estimate of drug-likeness (QED) is 0.587. The van der Waals surface area contributed by atoms with Crippen molar-refractivity contribution in [2.75, 3.05) is 19.8 Å². The number of hydrogen-bond acceptors (Lipinski definition) is 4. The molecular weight excluding hydrogens is 281 g/mol. The highest BCUT2D eigenvalue weighted by Gasteiger charge is 2.30. The van der Waals surface area contributed by atoms with E-state index in [0.717, 1.165) is 26.2 Å². The molecule has 0 spiro atoms. The third-order valence-corrected chi connectivity index (χ3v) is 7.83. The summed E-state index contributed by atoms with van der Waals surface area (Å²) in [6.07, 6.45) is 0.947. The van der Waals surface area contributed by atoms with Crippen LogP contribution in [-0.4, -0.2) is 23.8 Å². The molecule has 7 heteroatoms. The van der Waals surface area contributed by atoms with E-state index in [1.54, 1.807) is 0 Å². The van der Waals surface area contributed by atoms with Crippen molar-refractivity contribution in [3.63, 3.8) is 0 Å². The Morgan fingerprint density at radius 1 is 1.58 bits per heavy atom. The molecule has 3 nitrogen and oxygen atoms in total. The summed E-state index contributed by atoms with van der Waals surface area (Å²) in [7, 11) is 1.42. The van der Waals surface area contributed by atoms with Crippen LogP contribution in [0.15, 0.2) is 0 Å². The monoisotopic (exact) mass is 291 g/mol. The maximum Gasteiger partial charge on any atom is 0.274 e. The second-order valence-corrected chi connectivity index (χ2v) is 7.26. The van der Waals surface area contributed by atoms with Crippen LogP contribution in [0.3, 0.4) is 0 Å². The maximum absolute atomic E-state index is 5.49. The van der Waals surface area contributed by atoms with Crippen molar-refractivity contribution in [2.45, 2.75) is 13.3 Å². The molecule has 1 rings (SSSR count). The van der Waals surface area contributed by atoms with E-state index in [-0.39, 0.29) is 0 Å². The highest BCUT2D eigenvalue weighted by Crippen LogP contribution is 2.58. The fraction of sp³-hybridized carbons (Fsp3) is 1.00. The topological polar surface area (TPSA) is 21.7 Å². The fourth-order valence-electron chi connectivity index (χ4n) is 0.845. The Morgan fingerprint density at radius 2 is 2.17 bits per heavy atom. The van der Waals surface area contributed by atoms with E-state index in [0.29, 0.717) is 0 Å². The van der Waals surface area contributed by atoms with Gasteiger partial charge in [-0.3, -0.25) is 0 Å². The smallest absolute Gasteiger partial charge is 0.274 e. The molecule has 1 aliphatic heterocycles. The van der Waals surface area contributed by atoms with Crippen molar-refractivity contribution in [3.05, 3.63) is 0 Å². The summed E-state index contributed by atoms with van der Waals surface area (Å²) in [6.45, 7) is 2.16. The molecule has 12 heavy (non-hydrogen) atoms. The van der Waals surface area contributed by atoms with E-state index in [1.165, 1.54) is 10.4 Å². The van der Waals surface area contributed by atoms with Crippen molar-refractivity contribution in [3.8, 4) is 0 Å². The van der Waals surface area contributed by atoms with Gasteiger partial charge < -0.3 is 9.05 Å². The van der Waals surface area contributed by atoms with Gasteiger partial charge in [-0.25, -0.2) is 0 Å². The Hall–Kier alpha value is 1.36. The predicted molar refractivity (Wildman–Crippen MR) is 59.7 cm³/mol. The van der Waals surface area contributed by atoms with Crippen LogP contribution in [-0.2, 0) is 20.9 Å². The van der Waals surface area contributed by atoms with Gasteiger partial charge in [-0.1, -0.05) is 6.92 Å². The van der Waals surface area contributed by atoms with E-state index < -0.39 is 6.64 Å². The van der Waals surface area contributed by atoms with Crippen molar-refractivity contribution >= 4 is 43.6 Å². The molecule has 0 radical (unpaired) electrons. The van der Waals surface area contributed by atoms with Gasteiger partial charge in [0.25, 0.3) is 6.64 Å². The van der Waals surface area contributed by atoms with Gasteiger partial charge in [0.15, 0.2) is 0 Å². The molecule has 0 atom stereocenters. The van der Waals surface area contributed by atoms with Crippen molar-refractivity contribution < 1.29 is 9.05 Å². The van der Waals surface area contributed by atoms with Crippen LogP contribution in [0.1, 0.15) is 13.3 Å². The first-order valence-electron chi connectivity index (χ1n) is 3.69. The van der Waals surface area contributed by atoms with E-state index in [9.17, 15) is 0 Å². The number of halogens is 1. The molecule has 0 aromatic carbocycles. The lowest BCUT2D eigenvalue weighted by Crippen LogP contribution is -2.19. The first-order valence-corrected chi connectivity index (χ1v) is 8.89. The van der Waals surface area contributed by atoms with Crippen LogP contribution in [0.2, 0.25) is 0 Å². The zero-order valence-electron chi connectivity index (χ0n) is 6.73. The molecule has 1 heterocycles. The third kappa shape index (κ3) is 2.67. The predicted octanol–water partition coefficient (Wildman–Crippen LogP) is 2.93. The van der Waals surface area contributed by atoms with Crippen LogP contribution < -0.4 is 0 Å². The number of hydrogen-bond donors (Lipinski definition) is 0. The molecule has 1 aliphatic rings. The van der Waals surface area contributed by atoms with Crippen molar-refractivity contribution in [1.82, 2.24) is 4.08 Å². The van der Waals surface area contributed by atoms with Gasteiger partial charge in [-0.15, -0.1) is 0 Å². The van der Waals surface area contributed by atoms with Gasteiger partial charge in [0.05, 0.1) is 13.2 Å². The molecule has 1 fully saturated rings. The minimum atomic E-state index is -2.14. The zero-order valence-corrected chi connectivity index (χ0v) is 10.8. The molecular formula is C5H11BrNO2PS2. The Bertz CT molecular complexity index is 180. The van der Waals surface area contributed by atoms with Gasteiger partial charge in [-0.05, 0) is 18.2 Å². The van der Waals surface area contributed by atoms with Crippen LogP contribution in [0, 0.1) is 0 Å². The van der Waals surface area contributed by atoms with Crippen LogP contribution in [0.5, 0.6) is 0 Å². The van der Waals surface area contributed by atoms with E-state index >= 15 is 0 Å². The van der Waals surface area contributed by atoms with E-state index in [2.05, 4.69) is 14.8 Å². The molecule has 0 bridgehead atoms. The molecule has 0 aromatic heterocycles. The lowest BCUT2D eigenvalue weighted by Gasteiger charge is -2.32. The summed E-state index contributed by atoms with van der Waals surface area (Å²) in [4.78, 5) is 0.